The van der Waals surface area contributed by atoms with Crippen LogP contribution in [0.2, 0.25) is 0 Å². The van der Waals surface area contributed by atoms with Crippen LogP contribution in [0, 0.1) is 0 Å². The number of benzene rings is 1. The van der Waals surface area contributed by atoms with Crippen molar-refractivity contribution in [1.82, 2.24) is 4.90 Å². The number of amides is 2. The zero-order chi connectivity index (χ0) is 22.4. The van der Waals surface area contributed by atoms with E-state index in [1.54, 1.807) is 16.2 Å². The number of esters is 1. The molecule has 1 fully saturated rings. The van der Waals surface area contributed by atoms with E-state index in [0.29, 0.717) is 6.54 Å². The Morgan fingerprint density at radius 2 is 1.87 bits per heavy atom. The fraction of sp³-hybridized carbons (Fsp3) is 0.381. The van der Waals surface area contributed by atoms with Crippen LogP contribution in [0.25, 0.3) is 0 Å². The van der Waals surface area contributed by atoms with Crippen LogP contribution in [0.1, 0.15) is 34.1 Å². The number of carbonyl (C=O) groups excluding carboxylic acids is 3. The number of carbonyl (C=O) groups is 3. The first-order chi connectivity index (χ1) is 14.9. The number of thiophene rings is 1. The lowest BCUT2D eigenvalue weighted by atomic mass is 10.2. The van der Waals surface area contributed by atoms with Crippen LogP contribution in [0.5, 0.6) is 17.2 Å². The van der Waals surface area contributed by atoms with E-state index < -0.39 is 11.9 Å². The van der Waals surface area contributed by atoms with Gasteiger partial charge in [-0.2, -0.15) is 0 Å². The van der Waals surface area contributed by atoms with E-state index in [1.165, 1.54) is 26.4 Å². The maximum atomic E-state index is 12.7. The number of likely N-dealkylation sites (tertiary alicyclic amines) is 1. The van der Waals surface area contributed by atoms with Crippen molar-refractivity contribution >= 4 is 29.1 Å². The van der Waals surface area contributed by atoms with Crippen LogP contribution in [0.15, 0.2) is 29.6 Å². The number of rotatable bonds is 9. The normalized spacial score (nSPS) is 15.4. The summed E-state index contributed by atoms with van der Waals surface area (Å²) < 4.78 is 21.0. The Morgan fingerprint density at radius 1 is 1.16 bits per heavy atom. The minimum Gasteiger partial charge on any atom is -0.493 e. The number of hydrogen-bond acceptors (Lipinski definition) is 8. The SMILES string of the molecule is COc1cc(C(=O)OCC(=O)N2CCCC2c2cccs2)cc(OC)c1OCC(N)=O. The minimum atomic E-state index is -0.710. The molecular weight excluding hydrogens is 424 g/mol. The van der Waals surface area contributed by atoms with Crippen molar-refractivity contribution in [2.75, 3.05) is 34.0 Å². The molecular formula is C21H24N2O7S. The Morgan fingerprint density at radius 3 is 2.45 bits per heavy atom. The highest BCUT2D eigenvalue weighted by atomic mass is 32.1. The van der Waals surface area contributed by atoms with Crippen molar-refractivity contribution in [3.05, 3.63) is 40.1 Å². The summed E-state index contributed by atoms with van der Waals surface area (Å²) >= 11 is 1.61. The number of nitrogens with two attached hydrogens (primary N) is 1. The van der Waals surface area contributed by atoms with Crippen LogP contribution in [0.4, 0.5) is 0 Å². The van der Waals surface area contributed by atoms with Crippen LogP contribution in [-0.4, -0.2) is 56.7 Å². The van der Waals surface area contributed by atoms with Crippen LogP contribution < -0.4 is 19.9 Å². The smallest absolute Gasteiger partial charge is 0.338 e. The number of nitrogens with zero attached hydrogens (tertiary/aromatic N) is 1. The van der Waals surface area contributed by atoms with Crippen molar-refractivity contribution in [3.63, 3.8) is 0 Å². The van der Waals surface area contributed by atoms with E-state index in [0.717, 1.165) is 17.7 Å². The van der Waals surface area contributed by atoms with Gasteiger partial charge in [-0.3, -0.25) is 9.59 Å². The van der Waals surface area contributed by atoms with Crippen LogP contribution in [-0.2, 0) is 14.3 Å². The van der Waals surface area contributed by atoms with E-state index in [-0.39, 0.29) is 48.0 Å². The van der Waals surface area contributed by atoms with Gasteiger partial charge >= 0.3 is 5.97 Å². The molecule has 1 atom stereocenters. The lowest BCUT2D eigenvalue weighted by Gasteiger charge is -2.23. The fourth-order valence-corrected chi connectivity index (χ4v) is 4.29. The zero-order valence-electron chi connectivity index (χ0n) is 17.3. The van der Waals surface area contributed by atoms with Crippen LogP contribution >= 0.6 is 11.3 Å². The first kappa shape index (κ1) is 22.4. The van der Waals surface area contributed by atoms with Gasteiger partial charge in [0.05, 0.1) is 25.8 Å². The number of methoxy groups -OCH3 is 2. The first-order valence-electron chi connectivity index (χ1n) is 9.61. The van der Waals surface area contributed by atoms with E-state index in [2.05, 4.69) is 0 Å². The van der Waals surface area contributed by atoms with Gasteiger partial charge in [0.25, 0.3) is 11.8 Å². The maximum Gasteiger partial charge on any atom is 0.338 e. The molecule has 2 aromatic rings. The van der Waals surface area contributed by atoms with Crippen molar-refractivity contribution in [2.24, 2.45) is 5.73 Å². The Balaban J connectivity index is 1.68. The van der Waals surface area contributed by atoms with Gasteiger partial charge in [0.1, 0.15) is 0 Å². The third-order valence-corrected chi connectivity index (χ3v) is 5.80. The lowest BCUT2D eigenvalue weighted by Crippen LogP contribution is -2.34. The summed E-state index contributed by atoms with van der Waals surface area (Å²) in [6.45, 7) is -0.121. The lowest BCUT2D eigenvalue weighted by molar-refractivity contribution is -0.135. The van der Waals surface area contributed by atoms with E-state index in [4.69, 9.17) is 24.7 Å². The average Bonchev–Trinajstić information content (AvgIpc) is 3.46. The molecule has 0 aliphatic carbocycles. The summed E-state index contributed by atoms with van der Waals surface area (Å²) in [5, 5.41) is 1.98. The predicted octanol–water partition coefficient (Wildman–Crippen LogP) is 2.15. The highest BCUT2D eigenvalue weighted by molar-refractivity contribution is 7.10. The van der Waals surface area contributed by atoms with Crippen molar-refractivity contribution in [2.45, 2.75) is 18.9 Å². The van der Waals surface area contributed by atoms with Gasteiger partial charge < -0.3 is 29.6 Å². The van der Waals surface area contributed by atoms with Crippen molar-refractivity contribution < 1.29 is 33.3 Å². The summed E-state index contributed by atoms with van der Waals surface area (Å²) in [5.74, 6) is -1.17. The maximum absolute atomic E-state index is 12.7. The molecule has 0 saturated carbocycles. The van der Waals surface area contributed by atoms with E-state index >= 15 is 0 Å². The third-order valence-electron chi connectivity index (χ3n) is 4.83. The fourth-order valence-electron chi connectivity index (χ4n) is 3.42. The minimum absolute atomic E-state index is 0.0214. The summed E-state index contributed by atoms with van der Waals surface area (Å²) in [5.41, 5.74) is 5.22. The molecule has 0 spiro atoms. The molecule has 10 heteroatoms. The largest absolute Gasteiger partial charge is 0.493 e. The zero-order valence-corrected chi connectivity index (χ0v) is 18.1. The molecule has 9 nitrogen and oxygen atoms in total. The second kappa shape index (κ2) is 10.2. The molecule has 1 aliphatic heterocycles. The highest BCUT2D eigenvalue weighted by Gasteiger charge is 2.31. The predicted molar refractivity (Wildman–Crippen MR) is 113 cm³/mol. The Labute approximate surface area is 183 Å². The van der Waals surface area contributed by atoms with E-state index in [1.807, 2.05) is 17.5 Å². The van der Waals surface area contributed by atoms with Gasteiger partial charge in [-0.15, -0.1) is 11.3 Å². The standard InChI is InChI=1S/C21H24N2O7S/c1-27-15-9-13(10-16(28-2)20(15)29-11-18(22)24)21(26)30-12-19(25)23-7-3-5-14(23)17-6-4-8-31-17/h4,6,8-10,14H,3,5,7,11-12H2,1-2H3,(H2,22,24). The quantitative estimate of drug-likeness (QED) is 0.584. The van der Waals surface area contributed by atoms with Gasteiger partial charge in [0, 0.05) is 11.4 Å². The topological polar surface area (TPSA) is 117 Å². The molecule has 2 heterocycles. The number of hydrogen-bond donors (Lipinski definition) is 1. The second-order valence-corrected chi connectivity index (χ2v) is 7.78. The summed E-state index contributed by atoms with van der Waals surface area (Å²) in [6.07, 6.45) is 1.80. The number of ether oxygens (including phenoxy) is 4. The molecule has 1 aromatic heterocycles. The first-order valence-corrected chi connectivity index (χ1v) is 10.5. The molecule has 2 N–H and O–H groups in total. The highest BCUT2D eigenvalue weighted by Crippen LogP contribution is 2.39. The van der Waals surface area contributed by atoms with Gasteiger partial charge in [0.2, 0.25) is 5.75 Å². The Kier molecular flexibility index (Phi) is 7.35. The molecule has 1 unspecified atom stereocenters. The monoisotopic (exact) mass is 448 g/mol. The van der Waals surface area contributed by atoms with Crippen molar-refractivity contribution in [3.8, 4) is 17.2 Å². The third kappa shape index (κ3) is 5.26. The summed E-state index contributed by atoms with van der Waals surface area (Å²) in [4.78, 5) is 39.1. The molecule has 2 amide bonds. The second-order valence-electron chi connectivity index (χ2n) is 6.80. The van der Waals surface area contributed by atoms with E-state index in [9.17, 15) is 14.4 Å². The van der Waals surface area contributed by atoms with Gasteiger partial charge in [-0.05, 0) is 36.4 Å². The van der Waals surface area contributed by atoms with Gasteiger partial charge in [0.15, 0.2) is 24.7 Å². The van der Waals surface area contributed by atoms with Gasteiger partial charge in [-0.25, -0.2) is 4.79 Å². The van der Waals surface area contributed by atoms with Gasteiger partial charge in [-0.1, -0.05) is 6.07 Å². The molecule has 1 saturated heterocycles. The Bertz CT molecular complexity index is 920. The molecule has 1 aromatic carbocycles. The molecule has 1 aliphatic rings. The molecule has 0 bridgehead atoms. The van der Waals surface area contributed by atoms with Crippen molar-refractivity contribution in [1.29, 1.82) is 0 Å². The molecule has 3 rings (SSSR count). The number of primary amides is 1. The van der Waals surface area contributed by atoms with Crippen LogP contribution in [0.3, 0.4) is 0 Å². The average molecular weight is 448 g/mol. The molecule has 0 radical (unpaired) electrons. The Hall–Kier alpha value is -3.27. The summed E-state index contributed by atoms with van der Waals surface area (Å²) in [7, 11) is 2.76. The molecule has 31 heavy (non-hydrogen) atoms. The molecule has 166 valence electrons. The summed E-state index contributed by atoms with van der Waals surface area (Å²) in [6, 6.07) is 6.76.